The minimum absolute atomic E-state index is 0.290. The number of aromatic nitrogens is 2. The quantitative estimate of drug-likeness (QED) is 0.412. The van der Waals surface area contributed by atoms with Gasteiger partial charge in [0, 0.05) is 0 Å². The van der Waals surface area contributed by atoms with Gasteiger partial charge in [0.05, 0.1) is 0 Å². The summed E-state index contributed by atoms with van der Waals surface area (Å²) in [5.41, 5.74) is 11.7. The molecule has 2 nitrogen and oxygen atoms in total. The van der Waals surface area contributed by atoms with Crippen molar-refractivity contribution in [1.29, 1.82) is 0 Å². The summed E-state index contributed by atoms with van der Waals surface area (Å²) in [5, 5.41) is 1.25. The molecule has 0 unspecified atom stereocenters. The normalized spacial score (nSPS) is 12.5. The molecular formula is C21H17BN2Se. The van der Waals surface area contributed by atoms with E-state index in [0.29, 0.717) is 21.2 Å². The van der Waals surface area contributed by atoms with Gasteiger partial charge in [0.25, 0.3) is 0 Å². The van der Waals surface area contributed by atoms with Crippen LogP contribution in [0.5, 0.6) is 0 Å². The number of hydrogen-bond acceptors (Lipinski definition) is 2. The van der Waals surface area contributed by atoms with Gasteiger partial charge in [0.15, 0.2) is 0 Å². The van der Waals surface area contributed by atoms with Crippen molar-refractivity contribution in [2.75, 3.05) is 0 Å². The molecule has 0 radical (unpaired) electrons. The van der Waals surface area contributed by atoms with Crippen LogP contribution in [0.4, 0.5) is 0 Å². The Kier molecular flexibility index (Phi) is 3.28. The molecule has 0 N–H and O–H groups in total. The van der Waals surface area contributed by atoms with Crippen molar-refractivity contribution in [2.45, 2.75) is 20.8 Å². The fraction of sp³-hybridized carbons (Fsp3) is 0.143. The van der Waals surface area contributed by atoms with E-state index in [1.807, 2.05) is 0 Å². The molecule has 0 saturated carbocycles. The Labute approximate surface area is 153 Å². The van der Waals surface area contributed by atoms with Crippen LogP contribution in [0.3, 0.4) is 0 Å². The average Bonchev–Trinajstić information content (AvgIpc) is 3.09. The number of nitrogens with zero attached hydrogens (tertiary/aromatic N) is 2. The third-order valence-electron chi connectivity index (χ3n) is 5.42. The summed E-state index contributed by atoms with van der Waals surface area (Å²) < 4.78 is 0. The van der Waals surface area contributed by atoms with Crippen molar-refractivity contribution in [1.82, 2.24) is 9.97 Å². The van der Waals surface area contributed by atoms with Crippen LogP contribution >= 0.6 is 0 Å². The molecule has 0 aliphatic carbocycles. The number of benzene rings is 2. The van der Waals surface area contributed by atoms with E-state index in [0.717, 1.165) is 11.2 Å². The van der Waals surface area contributed by atoms with Crippen LogP contribution in [0.2, 0.25) is 0 Å². The molecule has 0 saturated heterocycles. The van der Waals surface area contributed by atoms with E-state index in [1.165, 1.54) is 44.0 Å². The molecule has 4 aromatic rings. The van der Waals surface area contributed by atoms with Crippen LogP contribution in [0, 0.1) is 20.8 Å². The Morgan fingerprint density at radius 2 is 1.64 bits per heavy atom. The first-order chi connectivity index (χ1) is 12.2. The third kappa shape index (κ3) is 2.05. The first kappa shape index (κ1) is 15.1. The summed E-state index contributed by atoms with van der Waals surface area (Å²) in [6.45, 7) is 6.89. The Bertz CT molecular complexity index is 1130. The van der Waals surface area contributed by atoms with Crippen LogP contribution < -0.4 is 16.4 Å². The second-order valence-electron chi connectivity index (χ2n) is 6.90. The summed E-state index contributed by atoms with van der Waals surface area (Å²) in [6.07, 6.45) is 1.72. The molecule has 0 atom stereocenters. The van der Waals surface area contributed by atoms with Gasteiger partial charge >= 0.3 is 154 Å². The monoisotopic (exact) mass is 388 g/mol. The molecule has 5 rings (SSSR count). The first-order valence-corrected chi connectivity index (χ1v) is 10.5. The Morgan fingerprint density at radius 3 is 2.44 bits per heavy atom. The van der Waals surface area contributed by atoms with Crippen LogP contribution in [0.1, 0.15) is 16.7 Å². The van der Waals surface area contributed by atoms with Crippen LogP contribution in [-0.2, 0) is 0 Å². The second kappa shape index (κ2) is 5.42. The SMILES string of the molecule is Cc1cccc(C)c1B1c2c[se]cc2-c2ncnc3c(C)ccc1c23. The van der Waals surface area contributed by atoms with Gasteiger partial charge in [-0.2, -0.15) is 0 Å². The zero-order chi connectivity index (χ0) is 17.1. The molecule has 4 heteroatoms. The molecule has 1 aliphatic rings. The van der Waals surface area contributed by atoms with Gasteiger partial charge in [-0.1, -0.05) is 0 Å². The van der Waals surface area contributed by atoms with Gasteiger partial charge in [-0.3, -0.25) is 0 Å². The zero-order valence-corrected chi connectivity index (χ0v) is 16.2. The molecule has 0 fully saturated rings. The van der Waals surface area contributed by atoms with Crippen molar-refractivity contribution in [3.63, 3.8) is 0 Å². The first-order valence-electron chi connectivity index (χ1n) is 8.53. The molecular weight excluding hydrogens is 370 g/mol. The molecule has 0 spiro atoms. The summed E-state index contributed by atoms with van der Waals surface area (Å²) in [5.74, 6) is 0. The van der Waals surface area contributed by atoms with Crippen molar-refractivity contribution in [3.8, 4) is 11.3 Å². The Hall–Kier alpha value is -2.16. The van der Waals surface area contributed by atoms with Crippen molar-refractivity contribution < 1.29 is 0 Å². The van der Waals surface area contributed by atoms with E-state index < -0.39 is 0 Å². The molecule has 2 aromatic carbocycles. The van der Waals surface area contributed by atoms with Crippen LogP contribution in [-0.4, -0.2) is 31.2 Å². The number of rotatable bonds is 1. The molecule has 1 aliphatic heterocycles. The average molecular weight is 387 g/mol. The summed E-state index contributed by atoms with van der Waals surface area (Å²) in [6, 6.07) is 11.1. The minimum atomic E-state index is 0.290. The Balaban J connectivity index is 1.96. The van der Waals surface area contributed by atoms with E-state index >= 15 is 0 Å². The van der Waals surface area contributed by atoms with Crippen molar-refractivity contribution >= 4 is 48.5 Å². The fourth-order valence-corrected chi connectivity index (χ4v) is 6.07. The number of hydrogen-bond donors (Lipinski definition) is 0. The number of fused-ring (bicyclic) bond motifs is 2. The van der Waals surface area contributed by atoms with E-state index in [2.05, 4.69) is 71.0 Å². The van der Waals surface area contributed by atoms with Crippen molar-refractivity contribution in [3.05, 3.63) is 63.2 Å². The molecule has 0 bridgehead atoms. The fourth-order valence-electron chi connectivity index (χ4n) is 4.26. The molecule has 120 valence electrons. The van der Waals surface area contributed by atoms with E-state index in [4.69, 9.17) is 0 Å². The predicted molar refractivity (Wildman–Crippen MR) is 107 cm³/mol. The topological polar surface area (TPSA) is 25.8 Å². The molecule has 2 aromatic heterocycles. The zero-order valence-electron chi connectivity index (χ0n) is 14.5. The maximum atomic E-state index is 4.68. The second-order valence-corrected chi connectivity index (χ2v) is 8.46. The van der Waals surface area contributed by atoms with Gasteiger partial charge in [-0.25, -0.2) is 0 Å². The van der Waals surface area contributed by atoms with E-state index in [-0.39, 0.29) is 0 Å². The maximum absolute atomic E-state index is 4.68. The summed E-state index contributed by atoms with van der Waals surface area (Å²) in [7, 11) is 0. The van der Waals surface area contributed by atoms with Gasteiger partial charge in [0.1, 0.15) is 0 Å². The van der Waals surface area contributed by atoms with Crippen LogP contribution in [0.25, 0.3) is 22.2 Å². The predicted octanol–water partition coefficient (Wildman–Crippen LogP) is 2.11. The standard InChI is InChI=1S/C21H17BN2Se/c1-12-5-4-6-13(2)19(12)22-16-8-7-14(3)20-18(16)21(24-11-23-20)15-9-25-10-17(15)22/h4-11H,1-3H3. The van der Waals surface area contributed by atoms with Crippen LogP contribution in [0.15, 0.2) is 46.5 Å². The molecule has 25 heavy (non-hydrogen) atoms. The van der Waals surface area contributed by atoms with Gasteiger partial charge in [-0.15, -0.1) is 0 Å². The summed E-state index contributed by atoms with van der Waals surface area (Å²) >= 11 is 0.411. The summed E-state index contributed by atoms with van der Waals surface area (Å²) in [4.78, 5) is 14.1. The molecule has 3 heterocycles. The Morgan fingerprint density at radius 1 is 0.840 bits per heavy atom. The number of aryl methyl sites for hydroxylation is 3. The van der Waals surface area contributed by atoms with E-state index in [9.17, 15) is 0 Å². The van der Waals surface area contributed by atoms with E-state index in [1.54, 1.807) is 6.33 Å². The van der Waals surface area contributed by atoms with Gasteiger partial charge in [0.2, 0.25) is 0 Å². The van der Waals surface area contributed by atoms with Gasteiger partial charge in [-0.05, 0) is 0 Å². The third-order valence-corrected chi connectivity index (χ3v) is 7.02. The van der Waals surface area contributed by atoms with Crippen molar-refractivity contribution in [2.24, 2.45) is 0 Å². The molecule has 0 amide bonds. The van der Waals surface area contributed by atoms with Gasteiger partial charge < -0.3 is 0 Å².